The summed E-state index contributed by atoms with van der Waals surface area (Å²) in [7, 11) is 0. The van der Waals surface area contributed by atoms with Crippen molar-refractivity contribution in [2.75, 3.05) is 13.1 Å². The number of Topliss-reactive ketones (excluding diaryl/α,β-unsaturated/α-hetero) is 1. The van der Waals surface area contributed by atoms with E-state index in [1.54, 1.807) is 0 Å². The number of carbonyl (C=O) groups is 2. The number of fused-ring (bicyclic) bond motifs is 5. The van der Waals surface area contributed by atoms with Crippen LogP contribution in [0.25, 0.3) is 5.57 Å². The molecular weight excluding hydrogens is 378 g/mol. The van der Waals surface area contributed by atoms with E-state index in [1.165, 1.54) is 5.56 Å². The molecule has 1 aromatic rings. The highest BCUT2D eigenvalue weighted by Gasteiger charge is 2.60. The fourth-order valence-corrected chi connectivity index (χ4v) is 5.59. The normalized spacial score (nSPS) is 27.1. The number of allylic oxidation sites excluding steroid dienone is 1. The van der Waals surface area contributed by atoms with Crippen LogP contribution in [0.5, 0.6) is 0 Å². The number of hydrogen-bond donors (Lipinski definition) is 1. The fraction of sp³-hybridized carbons (Fsp3) is 0.600. The summed E-state index contributed by atoms with van der Waals surface area (Å²) in [5.74, 6) is -0.0271. The molecular formula is C25H33NO4. The molecule has 1 N–H and O–H groups in total. The molecule has 2 aliphatic heterocycles. The number of ketones is 1. The summed E-state index contributed by atoms with van der Waals surface area (Å²) < 4.78 is 12.0. The van der Waals surface area contributed by atoms with Crippen molar-refractivity contribution in [3.05, 3.63) is 40.1 Å². The van der Waals surface area contributed by atoms with Crippen molar-refractivity contribution in [3.63, 3.8) is 0 Å². The van der Waals surface area contributed by atoms with Gasteiger partial charge in [0.25, 0.3) is 0 Å². The molecule has 3 aliphatic rings. The third-order valence-corrected chi connectivity index (χ3v) is 6.75. The lowest BCUT2D eigenvalue weighted by Gasteiger charge is -2.22. The molecule has 5 nitrogen and oxygen atoms in total. The predicted molar refractivity (Wildman–Crippen MR) is 116 cm³/mol. The standard InChI is InChI=1S/C25H33NO4/c1-5-6-7-10-26-13-19(27)30-25-22-18-9-8-17(29-18)21(22)24(28)23(25)20-15(3)11-14(2)12-16(20)4/h11-12,17-18,21-22,26H,5-10,13H2,1-4H3/t17-,18+,21-,22+/m0/s1. The van der Waals surface area contributed by atoms with Gasteiger partial charge >= 0.3 is 5.97 Å². The van der Waals surface area contributed by atoms with Crippen molar-refractivity contribution < 1.29 is 19.1 Å². The zero-order valence-corrected chi connectivity index (χ0v) is 18.5. The minimum absolute atomic E-state index is 0.0205. The third kappa shape index (κ3) is 3.74. The topological polar surface area (TPSA) is 64.6 Å². The van der Waals surface area contributed by atoms with Gasteiger partial charge in [-0.15, -0.1) is 0 Å². The Kier molecular flexibility index (Phi) is 6.12. The molecule has 2 fully saturated rings. The van der Waals surface area contributed by atoms with E-state index >= 15 is 0 Å². The molecule has 0 unspecified atom stereocenters. The van der Waals surface area contributed by atoms with Gasteiger partial charge in [-0.2, -0.15) is 0 Å². The van der Waals surface area contributed by atoms with Crippen molar-refractivity contribution in [3.8, 4) is 0 Å². The van der Waals surface area contributed by atoms with Gasteiger partial charge in [0.15, 0.2) is 5.78 Å². The Morgan fingerprint density at radius 1 is 1.10 bits per heavy atom. The molecule has 1 aliphatic carbocycles. The first-order valence-electron chi connectivity index (χ1n) is 11.4. The first-order valence-corrected chi connectivity index (χ1v) is 11.4. The van der Waals surface area contributed by atoms with Crippen LogP contribution in [0.2, 0.25) is 0 Å². The van der Waals surface area contributed by atoms with Crippen molar-refractivity contribution in [2.45, 2.75) is 72.0 Å². The first kappa shape index (κ1) is 21.3. The lowest BCUT2D eigenvalue weighted by molar-refractivity contribution is -0.139. The summed E-state index contributed by atoms with van der Waals surface area (Å²) in [5, 5.41) is 3.17. The number of aryl methyl sites for hydroxylation is 3. The van der Waals surface area contributed by atoms with Crippen LogP contribution in [0.15, 0.2) is 17.9 Å². The molecule has 2 heterocycles. The molecule has 162 valence electrons. The molecule has 0 spiro atoms. The highest BCUT2D eigenvalue weighted by molar-refractivity contribution is 6.26. The molecule has 0 radical (unpaired) electrons. The van der Waals surface area contributed by atoms with Gasteiger partial charge in [0, 0.05) is 0 Å². The molecule has 5 heteroatoms. The Balaban J connectivity index is 1.64. The Bertz CT molecular complexity index is 864. The smallest absolute Gasteiger partial charge is 0.325 e. The van der Waals surface area contributed by atoms with Crippen molar-refractivity contribution in [2.24, 2.45) is 11.8 Å². The second-order valence-electron chi connectivity index (χ2n) is 9.08. The number of rotatable bonds is 8. The number of ether oxygens (including phenoxy) is 2. The van der Waals surface area contributed by atoms with E-state index in [4.69, 9.17) is 9.47 Å². The van der Waals surface area contributed by atoms with Crippen molar-refractivity contribution >= 4 is 17.3 Å². The molecule has 2 saturated heterocycles. The fourth-order valence-electron chi connectivity index (χ4n) is 5.59. The summed E-state index contributed by atoms with van der Waals surface area (Å²) in [6.45, 7) is 9.23. The Labute approximate surface area is 179 Å². The Morgan fingerprint density at radius 2 is 1.77 bits per heavy atom. The van der Waals surface area contributed by atoms with Crippen LogP contribution >= 0.6 is 0 Å². The summed E-state index contributed by atoms with van der Waals surface area (Å²) in [6.07, 6.45) is 5.10. The third-order valence-electron chi connectivity index (χ3n) is 6.75. The first-order chi connectivity index (χ1) is 14.4. The summed E-state index contributed by atoms with van der Waals surface area (Å²) in [5.41, 5.74) is 4.81. The van der Waals surface area contributed by atoms with Crippen LogP contribution in [0.1, 0.15) is 61.3 Å². The van der Waals surface area contributed by atoms with Gasteiger partial charge < -0.3 is 14.8 Å². The van der Waals surface area contributed by atoms with E-state index in [9.17, 15) is 9.59 Å². The minimum Gasteiger partial charge on any atom is -0.429 e. The SMILES string of the molecule is CCCCCNCC(=O)OC1=C(c2c(C)cc(C)cc2C)C(=O)[C@@H]2[C@H]1[C@H]1CC[C@@H]2O1. The number of hydrogen-bond acceptors (Lipinski definition) is 5. The Morgan fingerprint density at radius 3 is 2.43 bits per heavy atom. The highest BCUT2D eigenvalue weighted by atomic mass is 16.5. The number of nitrogens with one attached hydrogen (secondary N) is 1. The molecule has 4 rings (SSSR count). The lowest BCUT2D eigenvalue weighted by Crippen LogP contribution is -2.31. The van der Waals surface area contributed by atoms with Crippen molar-refractivity contribution in [1.29, 1.82) is 0 Å². The van der Waals surface area contributed by atoms with E-state index < -0.39 is 0 Å². The number of esters is 1. The molecule has 30 heavy (non-hydrogen) atoms. The summed E-state index contributed by atoms with van der Waals surface area (Å²) >= 11 is 0. The second kappa shape index (κ2) is 8.64. The van der Waals surface area contributed by atoms with E-state index in [0.29, 0.717) is 11.3 Å². The van der Waals surface area contributed by atoms with Gasteiger partial charge in [0.1, 0.15) is 5.76 Å². The van der Waals surface area contributed by atoms with Crippen LogP contribution in [0.4, 0.5) is 0 Å². The number of benzene rings is 1. The van der Waals surface area contributed by atoms with Crippen LogP contribution in [0, 0.1) is 32.6 Å². The molecule has 2 bridgehead atoms. The minimum atomic E-state index is -0.322. The maximum absolute atomic E-state index is 13.5. The molecule has 0 amide bonds. The van der Waals surface area contributed by atoms with Crippen LogP contribution in [0.3, 0.4) is 0 Å². The van der Waals surface area contributed by atoms with E-state index in [-0.39, 0.29) is 42.3 Å². The van der Waals surface area contributed by atoms with Crippen LogP contribution in [-0.4, -0.2) is 37.0 Å². The van der Waals surface area contributed by atoms with Gasteiger partial charge in [0.2, 0.25) is 0 Å². The maximum atomic E-state index is 13.5. The molecule has 0 aromatic heterocycles. The summed E-state index contributed by atoms with van der Waals surface area (Å²) in [6, 6.07) is 4.19. The van der Waals surface area contributed by atoms with Gasteiger partial charge in [-0.25, -0.2) is 0 Å². The lowest BCUT2D eigenvalue weighted by atomic mass is 9.80. The Hall–Kier alpha value is -1.98. The van der Waals surface area contributed by atoms with Gasteiger partial charge in [-0.05, 0) is 63.3 Å². The summed E-state index contributed by atoms with van der Waals surface area (Å²) in [4.78, 5) is 26.2. The monoisotopic (exact) mass is 411 g/mol. The average Bonchev–Trinajstić information content (AvgIpc) is 3.36. The van der Waals surface area contributed by atoms with Gasteiger partial charge in [-0.3, -0.25) is 9.59 Å². The maximum Gasteiger partial charge on any atom is 0.325 e. The number of carbonyl (C=O) groups excluding carboxylic acids is 2. The van der Waals surface area contributed by atoms with Gasteiger partial charge in [0.05, 0.1) is 36.2 Å². The van der Waals surface area contributed by atoms with Gasteiger partial charge in [-0.1, -0.05) is 37.5 Å². The van der Waals surface area contributed by atoms with Crippen molar-refractivity contribution in [1.82, 2.24) is 5.32 Å². The molecule has 0 saturated carbocycles. The van der Waals surface area contributed by atoms with E-state index in [0.717, 1.165) is 55.3 Å². The number of unbranched alkanes of at least 4 members (excludes halogenated alkanes) is 2. The molecule has 4 atom stereocenters. The zero-order chi connectivity index (χ0) is 21.4. The van der Waals surface area contributed by atoms with Crippen LogP contribution < -0.4 is 5.32 Å². The average molecular weight is 412 g/mol. The highest BCUT2D eigenvalue weighted by Crippen LogP contribution is 2.55. The predicted octanol–water partition coefficient (Wildman–Crippen LogP) is 4.02. The largest absolute Gasteiger partial charge is 0.429 e. The van der Waals surface area contributed by atoms with E-state index in [1.807, 2.05) is 13.8 Å². The second-order valence-corrected chi connectivity index (χ2v) is 9.08. The van der Waals surface area contributed by atoms with Crippen LogP contribution in [-0.2, 0) is 19.1 Å². The quantitative estimate of drug-likeness (QED) is 0.517. The van der Waals surface area contributed by atoms with E-state index in [2.05, 4.69) is 31.3 Å². The molecule has 1 aromatic carbocycles. The zero-order valence-electron chi connectivity index (χ0n) is 18.5.